The van der Waals surface area contributed by atoms with Crippen molar-refractivity contribution < 1.29 is 31.8 Å². The largest absolute Gasteiger partial charge is 0.423 e. The molecule has 1 aliphatic heterocycles. The SMILES string of the molecule is Cc1cc(C2CCC(C)CO2)cc(C)c1C(=O)Oc1cc(F)c(C)c(C(F)(F)F)c1. The quantitative estimate of drug-likeness (QED) is 0.322. The van der Waals surface area contributed by atoms with Crippen LogP contribution in [-0.2, 0) is 10.9 Å². The van der Waals surface area contributed by atoms with E-state index in [9.17, 15) is 22.4 Å². The van der Waals surface area contributed by atoms with Crippen molar-refractivity contribution in [2.45, 2.75) is 52.8 Å². The van der Waals surface area contributed by atoms with E-state index >= 15 is 0 Å². The smallest absolute Gasteiger partial charge is 0.416 e. The molecule has 0 radical (unpaired) electrons. The number of ether oxygens (including phenoxy) is 2. The Morgan fingerprint density at radius 3 is 2.23 bits per heavy atom. The minimum Gasteiger partial charge on any atom is -0.423 e. The lowest BCUT2D eigenvalue weighted by Gasteiger charge is -2.28. The molecular weight excluding hydrogens is 400 g/mol. The molecule has 1 heterocycles. The van der Waals surface area contributed by atoms with Crippen LogP contribution in [0.4, 0.5) is 17.6 Å². The average Bonchev–Trinajstić information content (AvgIpc) is 2.63. The summed E-state index contributed by atoms with van der Waals surface area (Å²) in [6, 6.07) is 5.10. The summed E-state index contributed by atoms with van der Waals surface area (Å²) in [6.07, 6.45) is -2.87. The molecule has 0 spiro atoms. The molecule has 0 aromatic heterocycles. The van der Waals surface area contributed by atoms with Gasteiger partial charge in [0.1, 0.15) is 11.6 Å². The van der Waals surface area contributed by atoms with E-state index in [-0.39, 0.29) is 11.7 Å². The van der Waals surface area contributed by atoms with Gasteiger partial charge in [-0.05, 0) is 67.9 Å². The maximum Gasteiger partial charge on any atom is 0.416 e. The number of hydrogen-bond donors (Lipinski definition) is 0. The molecule has 0 bridgehead atoms. The number of esters is 1. The van der Waals surface area contributed by atoms with Gasteiger partial charge in [0.05, 0.1) is 17.2 Å². The standard InChI is InChI=1S/C23H24F4O3/c1-12-5-6-20(29-11-12)16-7-13(2)21(14(3)8-16)22(28)30-17-9-18(23(25,26)27)15(4)19(24)10-17/h7-10,12,20H,5-6,11H2,1-4H3. The molecule has 2 unspecified atom stereocenters. The summed E-state index contributed by atoms with van der Waals surface area (Å²) < 4.78 is 64.3. The third kappa shape index (κ3) is 4.67. The lowest BCUT2D eigenvalue weighted by Crippen LogP contribution is -2.19. The van der Waals surface area contributed by atoms with Crippen LogP contribution in [0.15, 0.2) is 24.3 Å². The molecule has 3 nitrogen and oxygen atoms in total. The van der Waals surface area contributed by atoms with E-state index in [0.717, 1.165) is 31.4 Å². The Hall–Kier alpha value is -2.41. The monoisotopic (exact) mass is 424 g/mol. The number of carbonyl (C=O) groups excluding carboxylic acids is 1. The average molecular weight is 424 g/mol. The first-order chi connectivity index (χ1) is 14.0. The van der Waals surface area contributed by atoms with E-state index in [1.54, 1.807) is 13.8 Å². The fourth-order valence-corrected chi connectivity index (χ4v) is 3.82. The summed E-state index contributed by atoms with van der Waals surface area (Å²) in [4.78, 5) is 12.7. The molecule has 0 N–H and O–H groups in total. The van der Waals surface area contributed by atoms with Crippen LogP contribution in [-0.4, -0.2) is 12.6 Å². The van der Waals surface area contributed by atoms with Crippen molar-refractivity contribution in [1.82, 2.24) is 0 Å². The van der Waals surface area contributed by atoms with Crippen molar-refractivity contribution in [2.75, 3.05) is 6.61 Å². The van der Waals surface area contributed by atoms with Gasteiger partial charge in [-0.1, -0.05) is 19.1 Å². The molecule has 162 valence electrons. The maximum atomic E-state index is 14.0. The highest BCUT2D eigenvalue weighted by molar-refractivity contribution is 5.94. The van der Waals surface area contributed by atoms with Crippen molar-refractivity contribution in [3.8, 4) is 5.75 Å². The van der Waals surface area contributed by atoms with Crippen LogP contribution in [0.3, 0.4) is 0 Å². The van der Waals surface area contributed by atoms with Crippen molar-refractivity contribution >= 4 is 5.97 Å². The third-order valence-electron chi connectivity index (χ3n) is 5.47. The fraction of sp³-hybridized carbons (Fsp3) is 0.435. The minimum atomic E-state index is -4.75. The second-order valence-corrected chi connectivity index (χ2v) is 8.00. The molecule has 7 heteroatoms. The lowest BCUT2D eigenvalue weighted by molar-refractivity contribution is -0.138. The first kappa shape index (κ1) is 22.3. The van der Waals surface area contributed by atoms with Gasteiger partial charge in [-0.25, -0.2) is 9.18 Å². The van der Waals surface area contributed by atoms with Gasteiger partial charge in [0.25, 0.3) is 0 Å². The molecular formula is C23H24F4O3. The van der Waals surface area contributed by atoms with Crippen molar-refractivity contribution in [2.24, 2.45) is 5.92 Å². The summed E-state index contributed by atoms with van der Waals surface area (Å²) in [7, 11) is 0. The van der Waals surface area contributed by atoms with Crippen LogP contribution in [0.5, 0.6) is 5.75 Å². The van der Waals surface area contributed by atoms with Crippen LogP contribution in [0.1, 0.15) is 64.0 Å². The van der Waals surface area contributed by atoms with E-state index in [2.05, 4.69) is 6.92 Å². The molecule has 30 heavy (non-hydrogen) atoms. The Bertz CT molecular complexity index is 935. The number of halogens is 4. The van der Waals surface area contributed by atoms with Gasteiger partial charge in [-0.3, -0.25) is 0 Å². The normalized spacial score (nSPS) is 19.6. The zero-order chi connectivity index (χ0) is 22.2. The van der Waals surface area contributed by atoms with Gasteiger partial charge in [0.2, 0.25) is 0 Å². The number of hydrogen-bond acceptors (Lipinski definition) is 3. The van der Waals surface area contributed by atoms with Crippen LogP contribution in [0.25, 0.3) is 0 Å². The van der Waals surface area contributed by atoms with Crippen LogP contribution in [0, 0.1) is 32.5 Å². The minimum absolute atomic E-state index is 0.0517. The number of carbonyl (C=O) groups is 1. The van der Waals surface area contributed by atoms with Gasteiger partial charge in [-0.15, -0.1) is 0 Å². The predicted molar refractivity (Wildman–Crippen MR) is 104 cm³/mol. The molecule has 1 aliphatic rings. The first-order valence-electron chi connectivity index (χ1n) is 9.79. The molecule has 1 fully saturated rings. The lowest BCUT2D eigenvalue weighted by atomic mass is 9.92. The molecule has 3 rings (SSSR count). The van der Waals surface area contributed by atoms with E-state index in [0.29, 0.717) is 29.7 Å². The van der Waals surface area contributed by atoms with E-state index < -0.39 is 34.8 Å². The number of aryl methyl sites for hydroxylation is 2. The van der Waals surface area contributed by atoms with Gasteiger partial charge < -0.3 is 9.47 Å². The van der Waals surface area contributed by atoms with E-state index in [1.807, 2.05) is 12.1 Å². The highest BCUT2D eigenvalue weighted by atomic mass is 19.4. The second-order valence-electron chi connectivity index (χ2n) is 8.00. The number of alkyl halides is 3. The van der Waals surface area contributed by atoms with Gasteiger partial charge in [-0.2, -0.15) is 13.2 Å². The van der Waals surface area contributed by atoms with E-state index in [4.69, 9.17) is 9.47 Å². The van der Waals surface area contributed by atoms with Crippen LogP contribution in [0.2, 0.25) is 0 Å². The Kier molecular flexibility index (Phi) is 6.22. The van der Waals surface area contributed by atoms with Crippen molar-refractivity contribution in [3.63, 3.8) is 0 Å². The maximum absolute atomic E-state index is 14.0. The summed E-state index contributed by atoms with van der Waals surface area (Å²) in [5.74, 6) is -1.89. The van der Waals surface area contributed by atoms with E-state index in [1.165, 1.54) is 0 Å². The predicted octanol–water partition coefficient (Wildman–Crippen LogP) is 6.48. The molecule has 0 amide bonds. The molecule has 2 aromatic rings. The Morgan fingerprint density at radius 2 is 1.70 bits per heavy atom. The topological polar surface area (TPSA) is 35.5 Å². The van der Waals surface area contributed by atoms with Gasteiger partial charge >= 0.3 is 12.1 Å². The Morgan fingerprint density at radius 1 is 1.07 bits per heavy atom. The third-order valence-corrected chi connectivity index (χ3v) is 5.47. The number of benzene rings is 2. The molecule has 1 saturated heterocycles. The Labute approximate surface area is 173 Å². The van der Waals surface area contributed by atoms with Crippen LogP contribution >= 0.6 is 0 Å². The number of rotatable bonds is 3. The molecule has 2 aromatic carbocycles. The Balaban J connectivity index is 1.87. The molecule has 0 aliphatic carbocycles. The second kappa shape index (κ2) is 8.38. The van der Waals surface area contributed by atoms with Gasteiger partial charge in [0.15, 0.2) is 0 Å². The summed E-state index contributed by atoms with van der Waals surface area (Å²) in [5, 5.41) is 0. The van der Waals surface area contributed by atoms with Crippen molar-refractivity contribution in [3.05, 3.63) is 63.5 Å². The highest BCUT2D eigenvalue weighted by Gasteiger charge is 2.34. The fourth-order valence-electron chi connectivity index (χ4n) is 3.82. The first-order valence-corrected chi connectivity index (χ1v) is 9.79. The van der Waals surface area contributed by atoms with Crippen molar-refractivity contribution in [1.29, 1.82) is 0 Å². The molecule has 0 saturated carbocycles. The summed E-state index contributed by atoms with van der Waals surface area (Å²) in [6.45, 7) is 7.30. The summed E-state index contributed by atoms with van der Waals surface area (Å²) >= 11 is 0. The molecule has 2 atom stereocenters. The zero-order valence-corrected chi connectivity index (χ0v) is 17.3. The highest BCUT2D eigenvalue weighted by Crippen LogP contribution is 2.36. The van der Waals surface area contributed by atoms with Crippen LogP contribution < -0.4 is 4.74 Å². The zero-order valence-electron chi connectivity index (χ0n) is 17.3. The summed E-state index contributed by atoms with van der Waals surface area (Å²) in [5.41, 5.74) is 0.743. The van der Waals surface area contributed by atoms with Gasteiger partial charge in [0, 0.05) is 12.7 Å².